The molecule has 6 nitrogen and oxygen atoms in total. The van der Waals surface area contributed by atoms with E-state index in [2.05, 4.69) is 20.4 Å². The standard InChI is InChI=1S/C12H13FN4O2S/c1-20(18,19)10-6-4-9(5-7-10)12-16-14-11(15-17-12)3-2-8-13/h4-7H,2-3,8H2,1H3. The predicted octanol–water partition coefficient (Wildman–Crippen LogP) is 1.24. The molecule has 0 saturated carbocycles. The second-order valence-corrected chi connectivity index (χ2v) is 6.24. The number of aryl methyl sites for hydroxylation is 1. The minimum absolute atomic E-state index is 0.224. The molecule has 0 atom stereocenters. The quantitative estimate of drug-likeness (QED) is 0.825. The Bertz CT molecular complexity index is 672. The fraction of sp³-hybridized carbons (Fsp3) is 0.333. The number of aromatic nitrogens is 4. The van der Waals surface area contributed by atoms with Crippen molar-refractivity contribution < 1.29 is 12.8 Å². The van der Waals surface area contributed by atoms with E-state index in [9.17, 15) is 12.8 Å². The molecule has 0 radical (unpaired) electrons. The van der Waals surface area contributed by atoms with Crippen molar-refractivity contribution in [2.24, 2.45) is 0 Å². The highest BCUT2D eigenvalue weighted by Gasteiger charge is 2.09. The van der Waals surface area contributed by atoms with E-state index in [0.717, 1.165) is 6.26 Å². The van der Waals surface area contributed by atoms with Crippen molar-refractivity contribution in [1.29, 1.82) is 0 Å². The summed E-state index contributed by atoms with van der Waals surface area (Å²) in [5.74, 6) is 0.688. The van der Waals surface area contributed by atoms with Gasteiger partial charge in [-0.3, -0.25) is 4.39 Å². The van der Waals surface area contributed by atoms with Crippen LogP contribution < -0.4 is 0 Å². The van der Waals surface area contributed by atoms with Crippen LogP contribution in [0.2, 0.25) is 0 Å². The third kappa shape index (κ3) is 3.53. The van der Waals surface area contributed by atoms with Crippen LogP contribution in [0.4, 0.5) is 4.39 Å². The minimum Gasteiger partial charge on any atom is -0.251 e. The molecule has 2 aromatic rings. The monoisotopic (exact) mass is 296 g/mol. The molecular formula is C12H13FN4O2S. The van der Waals surface area contributed by atoms with Crippen LogP contribution in [0.3, 0.4) is 0 Å². The van der Waals surface area contributed by atoms with Gasteiger partial charge in [-0.05, 0) is 30.7 Å². The zero-order chi connectivity index (χ0) is 14.6. The van der Waals surface area contributed by atoms with Gasteiger partial charge in [-0.1, -0.05) is 0 Å². The lowest BCUT2D eigenvalue weighted by molar-refractivity contribution is 0.467. The van der Waals surface area contributed by atoms with Crippen LogP contribution in [-0.4, -0.2) is 41.7 Å². The van der Waals surface area contributed by atoms with E-state index >= 15 is 0 Å². The summed E-state index contributed by atoms with van der Waals surface area (Å²) in [7, 11) is -3.23. The summed E-state index contributed by atoms with van der Waals surface area (Å²) in [5.41, 5.74) is 0.620. The smallest absolute Gasteiger partial charge is 0.203 e. The van der Waals surface area contributed by atoms with Gasteiger partial charge in [-0.25, -0.2) is 8.42 Å². The van der Waals surface area contributed by atoms with Crippen LogP contribution in [0.5, 0.6) is 0 Å². The molecule has 0 aliphatic heterocycles. The van der Waals surface area contributed by atoms with E-state index in [-0.39, 0.29) is 4.90 Å². The molecule has 0 aliphatic rings. The molecule has 0 N–H and O–H groups in total. The fourth-order valence-electron chi connectivity index (χ4n) is 1.54. The number of benzene rings is 1. The number of sulfone groups is 1. The molecule has 0 amide bonds. The zero-order valence-corrected chi connectivity index (χ0v) is 11.6. The number of rotatable bonds is 5. The maximum Gasteiger partial charge on any atom is 0.203 e. The Morgan fingerprint density at radius 2 is 1.65 bits per heavy atom. The van der Waals surface area contributed by atoms with Crippen molar-refractivity contribution in [1.82, 2.24) is 20.4 Å². The van der Waals surface area contributed by atoms with Crippen LogP contribution in [0.25, 0.3) is 11.4 Å². The van der Waals surface area contributed by atoms with E-state index in [0.29, 0.717) is 30.1 Å². The highest BCUT2D eigenvalue weighted by Crippen LogP contribution is 2.16. The van der Waals surface area contributed by atoms with Gasteiger partial charge in [0.15, 0.2) is 15.7 Å². The average molecular weight is 296 g/mol. The Morgan fingerprint density at radius 3 is 2.15 bits per heavy atom. The number of halogens is 1. The SMILES string of the molecule is CS(=O)(=O)c1ccc(-c2nnc(CCCF)nn2)cc1. The molecule has 0 saturated heterocycles. The normalized spacial score (nSPS) is 11.5. The maximum absolute atomic E-state index is 12.0. The van der Waals surface area contributed by atoms with Crippen molar-refractivity contribution in [3.8, 4) is 11.4 Å². The summed E-state index contributed by atoms with van der Waals surface area (Å²) in [6.07, 6.45) is 1.87. The Kier molecular flexibility index (Phi) is 4.33. The lowest BCUT2D eigenvalue weighted by Crippen LogP contribution is -2.03. The average Bonchev–Trinajstić information content (AvgIpc) is 2.45. The van der Waals surface area contributed by atoms with Crippen molar-refractivity contribution in [3.63, 3.8) is 0 Å². The first-order chi connectivity index (χ1) is 9.50. The van der Waals surface area contributed by atoms with E-state index < -0.39 is 16.5 Å². The highest BCUT2D eigenvalue weighted by atomic mass is 32.2. The van der Waals surface area contributed by atoms with Gasteiger partial charge in [0.1, 0.15) is 0 Å². The third-order valence-corrected chi connectivity index (χ3v) is 3.72. The molecule has 106 valence electrons. The summed E-state index contributed by atoms with van der Waals surface area (Å²) in [4.78, 5) is 0.224. The predicted molar refractivity (Wildman–Crippen MR) is 70.5 cm³/mol. The lowest BCUT2D eigenvalue weighted by atomic mass is 10.2. The van der Waals surface area contributed by atoms with Gasteiger partial charge in [0, 0.05) is 18.2 Å². The first kappa shape index (κ1) is 14.4. The van der Waals surface area contributed by atoms with Crippen LogP contribution in [0, 0.1) is 0 Å². The van der Waals surface area contributed by atoms with Crippen molar-refractivity contribution in [2.45, 2.75) is 17.7 Å². The largest absolute Gasteiger partial charge is 0.251 e. The Morgan fingerprint density at radius 1 is 1.05 bits per heavy atom. The second kappa shape index (κ2) is 6.00. The van der Waals surface area contributed by atoms with Gasteiger partial charge in [0.25, 0.3) is 0 Å². The summed E-state index contributed by atoms with van der Waals surface area (Å²) in [6.45, 7) is -0.432. The molecule has 2 rings (SSSR count). The number of alkyl halides is 1. The molecule has 0 spiro atoms. The van der Waals surface area contributed by atoms with E-state index in [1.54, 1.807) is 12.1 Å². The molecule has 1 heterocycles. The van der Waals surface area contributed by atoms with Gasteiger partial charge in [0.2, 0.25) is 5.82 Å². The van der Waals surface area contributed by atoms with Crippen molar-refractivity contribution >= 4 is 9.84 Å². The van der Waals surface area contributed by atoms with Gasteiger partial charge >= 0.3 is 0 Å². The highest BCUT2D eigenvalue weighted by molar-refractivity contribution is 7.90. The van der Waals surface area contributed by atoms with Crippen LogP contribution in [-0.2, 0) is 16.3 Å². The lowest BCUT2D eigenvalue weighted by Gasteiger charge is -2.01. The van der Waals surface area contributed by atoms with Gasteiger partial charge in [-0.2, -0.15) is 0 Å². The van der Waals surface area contributed by atoms with Gasteiger partial charge in [-0.15, -0.1) is 20.4 Å². The maximum atomic E-state index is 12.0. The topological polar surface area (TPSA) is 85.7 Å². The number of hydrogen-bond acceptors (Lipinski definition) is 6. The van der Waals surface area contributed by atoms with E-state index in [1.165, 1.54) is 12.1 Å². The van der Waals surface area contributed by atoms with E-state index in [1.807, 2.05) is 0 Å². The van der Waals surface area contributed by atoms with Crippen molar-refractivity contribution in [3.05, 3.63) is 30.1 Å². The number of hydrogen-bond donors (Lipinski definition) is 0. The molecule has 20 heavy (non-hydrogen) atoms. The molecule has 1 aromatic heterocycles. The second-order valence-electron chi connectivity index (χ2n) is 4.23. The summed E-state index contributed by atoms with van der Waals surface area (Å²) < 4.78 is 34.7. The van der Waals surface area contributed by atoms with Crippen LogP contribution in [0.15, 0.2) is 29.2 Å². The fourth-order valence-corrected chi connectivity index (χ4v) is 2.17. The molecular weight excluding hydrogens is 283 g/mol. The molecule has 0 aliphatic carbocycles. The molecule has 0 bridgehead atoms. The zero-order valence-electron chi connectivity index (χ0n) is 10.8. The first-order valence-electron chi connectivity index (χ1n) is 5.93. The summed E-state index contributed by atoms with van der Waals surface area (Å²) >= 11 is 0. The Hall–Kier alpha value is -1.96. The molecule has 8 heteroatoms. The van der Waals surface area contributed by atoms with Gasteiger partial charge in [0.05, 0.1) is 11.6 Å². The third-order valence-electron chi connectivity index (χ3n) is 2.59. The van der Waals surface area contributed by atoms with Crippen LogP contribution in [0.1, 0.15) is 12.2 Å². The Balaban J connectivity index is 2.19. The van der Waals surface area contributed by atoms with E-state index in [4.69, 9.17) is 0 Å². The molecule has 0 unspecified atom stereocenters. The summed E-state index contributed by atoms with van der Waals surface area (Å²) in [6, 6.07) is 6.14. The summed E-state index contributed by atoms with van der Waals surface area (Å²) in [5, 5.41) is 15.5. The van der Waals surface area contributed by atoms with Crippen molar-refractivity contribution in [2.75, 3.05) is 12.9 Å². The Labute approximate surface area is 116 Å². The first-order valence-corrected chi connectivity index (χ1v) is 7.82. The molecule has 1 aromatic carbocycles. The molecule has 0 fully saturated rings. The number of nitrogens with zero attached hydrogens (tertiary/aromatic N) is 4. The van der Waals surface area contributed by atoms with Gasteiger partial charge < -0.3 is 0 Å². The minimum atomic E-state index is -3.23. The van der Waals surface area contributed by atoms with Crippen LogP contribution >= 0.6 is 0 Å².